The maximum absolute atomic E-state index is 12.5. The molecule has 0 fully saturated rings. The summed E-state index contributed by atoms with van der Waals surface area (Å²) in [5.74, 6) is -2.86. The van der Waals surface area contributed by atoms with E-state index in [4.69, 9.17) is 10.8 Å². The molecule has 3 rings (SSSR count). The van der Waals surface area contributed by atoms with Gasteiger partial charge in [-0.1, -0.05) is 0 Å². The fraction of sp³-hybridized carbons (Fsp3) is 0.333. The lowest BCUT2D eigenvalue weighted by Crippen LogP contribution is -2.53. The minimum atomic E-state index is -1.33. The Morgan fingerprint density at radius 2 is 1.97 bits per heavy atom. The Hall–Kier alpha value is -4.82. The van der Waals surface area contributed by atoms with Crippen molar-refractivity contribution in [3.63, 3.8) is 0 Å². The number of aromatic amines is 1. The number of hydrogen-bond acceptors (Lipinski definition) is 10. The molecule has 2 atom stereocenters. The number of carboxylic acids is 2. The highest BCUT2D eigenvalue weighted by Gasteiger charge is 2.30. The highest BCUT2D eigenvalue weighted by atomic mass is 16.4. The number of aromatic nitrogens is 2. The van der Waals surface area contributed by atoms with Gasteiger partial charge in [0.15, 0.2) is 5.82 Å². The first-order valence-corrected chi connectivity index (χ1v) is 10.9. The molecule has 192 valence electrons. The molecule has 2 aromatic rings. The number of benzene rings is 1. The molecule has 15 heteroatoms. The number of aliphatic carboxylic acids is 2. The summed E-state index contributed by atoms with van der Waals surface area (Å²) in [5.41, 5.74) is 6.23. The summed E-state index contributed by atoms with van der Waals surface area (Å²) >= 11 is 0. The van der Waals surface area contributed by atoms with E-state index in [-0.39, 0.29) is 36.3 Å². The second-order valence-electron chi connectivity index (χ2n) is 7.89. The van der Waals surface area contributed by atoms with Crippen LogP contribution in [-0.2, 0) is 14.4 Å². The van der Waals surface area contributed by atoms with Gasteiger partial charge in [0.1, 0.15) is 11.7 Å². The molecule has 2 heterocycles. The molecule has 36 heavy (non-hydrogen) atoms. The number of nitrogens with one attached hydrogen (secondary N) is 5. The lowest BCUT2D eigenvalue weighted by atomic mass is 10.1. The van der Waals surface area contributed by atoms with Crippen LogP contribution in [0.4, 0.5) is 23.1 Å². The highest BCUT2D eigenvalue weighted by Crippen LogP contribution is 2.26. The molecule has 1 aliphatic heterocycles. The number of nitrogens with zero attached hydrogens (tertiary/aromatic N) is 2. The van der Waals surface area contributed by atoms with Crippen molar-refractivity contribution in [3.8, 4) is 0 Å². The van der Waals surface area contributed by atoms with Gasteiger partial charge in [0.2, 0.25) is 12.4 Å². The van der Waals surface area contributed by atoms with Crippen LogP contribution >= 0.6 is 0 Å². The van der Waals surface area contributed by atoms with Crippen LogP contribution < -0.4 is 37.5 Å². The molecule has 0 saturated carbocycles. The number of anilines is 4. The zero-order valence-electron chi connectivity index (χ0n) is 19.0. The van der Waals surface area contributed by atoms with E-state index >= 15 is 0 Å². The maximum atomic E-state index is 12.5. The van der Waals surface area contributed by atoms with Crippen molar-refractivity contribution in [2.24, 2.45) is 0 Å². The van der Waals surface area contributed by atoms with Gasteiger partial charge in [0.05, 0.1) is 12.7 Å². The number of carbonyl (C=O) groups is 4. The zero-order valence-corrected chi connectivity index (χ0v) is 19.0. The predicted octanol–water partition coefficient (Wildman–Crippen LogP) is -1.18. The molecule has 15 nitrogen and oxygen atoms in total. The summed E-state index contributed by atoms with van der Waals surface area (Å²) < 4.78 is 0. The summed E-state index contributed by atoms with van der Waals surface area (Å²) in [7, 11) is 0. The van der Waals surface area contributed by atoms with Gasteiger partial charge in [0, 0.05) is 30.8 Å². The van der Waals surface area contributed by atoms with Crippen LogP contribution in [0.25, 0.3) is 0 Å². The lowest BCUT2D eigenvalue weighted by molar-refractivity contribution is -0.140. The van der Waals surface area contributed by atoms with E-state index in [1.54, 1.807) is 17.0 Å². The molecule has 9 N–H and O–H groups in total. The first-order chi connectivity index (χ1) is 17.2. The third-order valence-corrected chi connectivity index (χ3v) is 5.43. The van der Waals surface area contributed by atoms with Gasteiger partial charge < -0.3 is 42.1 Å². The van der Waals surface area contributed by atoms with Crippen LogP contribution in [0.2, 0.25) is 0 Å². The molecular formula is C21H26N8O7. The molecule has 0 bridgehead atoms. The van der Waals surface area contributed by atoms with Gasteiger partial charge in [-0.3, -0.25) is 24.2 Å². The van der Waals surface area contributed by atoms with Gasteiger partial charge in [-0.2, -0.15) is 4.98 Å². The van der Waals surface area contributed by atoms with E-state index < -0.39 is 35.9 Å². The van der Waals surface area contributed by atoms with E-state index in [2.05, 4.69) is 31.2 Å². The Morgan fingerprint density at radius 3 is 2.61 bits per heavy atom. The number of H-pyrrole nitrogens is 1. The topological polar surface area (TPSA) is 232 Å². The number of rotatable bonds is 12. The number of fused-ring (bicyclic) bond motifs is 1. The molecule has 0 saturated heterocycles. The smallest absolute Gasteiger partial charge is 0.326 e. The molecule has 0 aliphatic carbocycles. The van der Waals surface area contributed by atoms with Gasteiger partial charge in [-0.15, -0.1) is 0 Å². The Bertz CT molecular complexity index is 1180. The maximum Gasteiger partial charge on any atom is 0.326 e. The molecule has 1 aliphatic rings. The lowest BCUT2D eigenvalue weighted by Gasteiger charge is -2.37. The Labute approximate surface area is 204 Å². The number of hydrogen-bond donors (Lipinski definition) is 8. The van der Waals surface area contributed by atoms with Gasteiger partial charge in [0.25, 0.3) is 11.5 Å². The quantitative estimate of drug-likeness (QED) is 0.160. The largest absolute Gasteiger partial charge is 0.481 e. The second-order valence-corrected chi connectivity index (χ2v) is 7.89. The SMILES string of the molecule is Nc1nc2c(c(=O)[nH]1)N(CNC=O)C(CNc1ccc(C(=O)NC(CCC(=O)O)C(=O)O)cc1)CN2. The van der Waals surface area contributed by atoms with Crippen molar-refractivity contribution in [1.82, 2.24) is 20.6 Å². The fourth-order valence-corrected chi connectivity index (χ4v) is 3.65. The van der Waals surface area contributed by atoms with Gasteiger partial charge in [-0.25, -0.2) is 4.79 Å². The first kappa shape index (κ1) is 25.8. The standard InChI is InChI=1S/C21H26N8O7/c22-21-27-17-16(19(34)28-21)29(9-23-10-30)13(8-25-17)7-24-12-3-1-11(2-4-12)18(33)26-14(20(35)36)5-6-15(31)32/h1-4,10,13-14,24H,5-9H2,(H,23,30)(H,26,33)(H,31,32)(H,35,36)(H4,22,25,27,28,34). The summed E-state index contributed by atoms with van der Waals surface area (Å²) in [6, 6.07) is 4.62. The van der Waals surface area contributed by atoms with E-state index in [0.717, 1.165) is 0 Å². The summed E-state index contributed by atoms with van der Waals surface area (Å²) in [6.45, 7) is 0.799. The Balaban J connectivity index is 1.65. The number of carboxylic acid groups (broad SMARTS) is 2. The normalized spacial score (nSPS) is 15.1. The van der Waals surface area contributed by atoms with Crippen LogP contribution in [0.15, 0.2) is 29.1 Å². The highest BCUT2D eigenvalue weighted by molar-refractivity contribution is 5.97. The van der Waals surface area contributed by atoms with Crippen LogP contribution in [-0.4, -0.2) is 76.3 Å². The number of carbonyl (C=O) groups excluding carboxylic acids is 2. The predicted molar refractivity (Wildman–Crippen MR) is 129 cm³/mol. The number of amides is 2. The molecular weight excluding hydrogens is 476 g/mol. The van der Waals surface area contributed by atoms with Crippen LogP contribution in [0.1, 0.15) is 23.2 Å². The van der Waals surface area contributed by atoms with E-state index in [9.17, 15) is 29.1 Å². The minimum absolute atomic E-state index is 0.0354. The van der Waals surface area contributed by atoms with Gasteiger partial charge >= 0.3 is 11.9 Å². The van der Waals surface area contributed by atoms with Crippen LogP contribution in [0.3, 0.4) is 0 Å². The van der Waals surface area contributed by atoms with Crippen molar-refractivity contribution < 1.29 is 29.4 Å². The summed E-state index contributed by atoms with van der Waals surface area (Å²) in [4.78, 5) is 65.9. The fourth-order valence-electron chi connectivity index (χ4n) is 3.65. The van der Waals surface area contributed by atoms with E-state index in [1.807, 2.05) is 0 Å². The molecule has 1 aromatic carbocycles. The summed E-state index contributed by atoms with van der Waals surface area (Å²) in [6.07, 6.45) is -0.115. The Kier molecular flexibility index (Phi) is 8.27. The first-order valence-electron chi connectivity index (χ1n) is 10.9. The van der Waals surface area contributed by atoms with E-state index in [1.165, 1.54) is 12.1 Å². The third kappa shape index (κ3) is 6.40. The molecule has 2 amide bonds. The molecule has 1 aromatic heterocycles. The second kappa shape index (κ2) is 11.5. The van der Waals surface area contributed by atoms with Gasteiger partial charge in [-0.05, 0) is 30.7 Å². The number of nitrogen functional groups attached to an aromatic ring is 1. The zero-order chi connectivity index (χ0) is 26.2. The van der Waals surface area contributed by atoms with Crippen molar-refractivity contribution >= 4 is 47.4 Å². The average Bonchev–Trinajstić information content (AvgIpc) is 2.83. The van der Waals surface area contributed by atoms with Crippen molar-refractivity contribution in [1.29, 1.82) is 0 Å². The summed E-state index contributed by atoms with van der Waals surface area (Å²) in [5, 5.41) is 29.1. The molecule has 2 unspecified atom stereocenters. The van der Waals surface area contributed by atoms with Crippen molar-refractivity contribution in [3.05, 3.63) is 40.2 Å². The number of nitrogens with two attached hydrogens (primary N) is 1. The third-order valence-electron chi connectivity index (χ3n) is 5.43. The van der Waals surface area contributed by atoms with Crippen LogP contribution in [0.5, 0.6) is 0 Å². The average molecular weight is 502 g/mol. The van der Waals surface area contributed by atoms with Crippen molar-refractivity contribution in [2.45, 2.75) is 24.9 Å². The van der Waals surface area contributed by atoms with E-state index in [0.29, 0.717) is 31.0 Å². The van der Waals surface area contributed by atoms with Crippen molar-refractivity contribution in [2.75, 3.05) is 41.0 Å². The monoisotopic (exact) mass is 502 g/mol. The molecule has 0 spiro atoms. The Morgan fingerprint density at radius 1 is 1.25 bits per heavy atom. The molecule has 0 radical (unpaired) electrons. The minimum Gasteiger partial charge on any atom is -0.481 e. The van der Waals surface area contributed by atoms with Crippen LogP contribution in [0, 0.1) is 0 Å².